The lowest BCUT2D eigenvalue weighted by Crippen LogP contribution is -2.17. The van der Waals surface area contributed by atoms with Gasteiger partial charge in [-0.25, -0.2) is 0 Å². The Balaban J connectivity index is 1.58. The van der Waals surface area contributed by atoms with Crippen molar-refractivity contribution in [1.82, 2.24) is 0 Å². The largest absolute Gasteiger partial charge is 0.507 e. The minimum absolute atomic E-state index is 0.0884. The lowest BCUT2D eigenvalue weighted by molar-refractivity contribution is 0.443. The van der Waals surface area contributed by atoms with Crippen molar-refractivity contribution in [2.24, 2.45) is 20.0 Å². The summed E-state index contributed by atoms with van der Waals surface area (Å²) in [7, 11) is 0. The molecule has 74 heavy (non-hydrogen) atoms. The van der Waals surface area contributed by atoms with Crippen LogP contribution in [-0.4, -0.2) is 45.3 Å². The molecule has 0 spiro atoms. The normalized spacial score (nSPS) is 13.4. The fraction of sp³-hybridized carbons (Fsp3) is 0.375. The van der Waals surface area contributed by atoms with Gasteiger partial charge in [0.15, 0.2) is 0 Å². The Kier molecular flexibility index (Phi) is 16.1. The third-order valence-corrected chi connectivity index (χ3v) is 13.7. The molecule has 0 heterocycles. The van der Waals surface area contributed by atoms with E-state index in [2.05, 4.69) is 143 Å². The van der Waals surface area contributed by atoms with Crippen LogP contribution < -0.4 is 0 Å². The molecule has 0 aliphatic rings. The van der Waals surface area contributed by atoms with E-state index in [1.54, 1.807) is 24.7 Å². The van der Waals surface area contributed by atoms with Crippen molar-refractivity contribution < 1.29 is 20.4 Å². The lowest BCUT2D eigenvalue weighted by atomic mass is 9.79. The molecule has 0 atom stereocenters. The number of nitrogens with zero attached hydrogens (tertiary/aromatic N) is 4. The van der Waals surface area contributed by atoms with Crippen LogP contribution in [0.25, 0.3) is 11.1 Å². The molecule has 0 fully saturated rings. The van der Waals surface area contributed by atoms with E-state index < -0.39 is 0 Å². The number of hydrogen-bond acceptors (Lipinski definition) is 8. The molecular formula is C64H76Cl2N4O4. The smallest absolute Gasteiger partial charge is 0.143 e. The second-order valence-electron chi connectivity index (χ2n) is 25.7. The average Bonchev–Trinajstić information content (AvgIpc) is 3.26. The van der Waals surface area contributed by atoms with Gasteiger partial charge in [0, 0.05) is 68.8 Å². The SMILES string of the molecule is CC(C)(C)c1cc(C=Nc2ccc(-c3ccc(N=Cc4cc(C(C)(C)C)cc(C(C)(C)C)c4O)c(N=Cc4cc(C(C)(C)C)cc(C(C)(C)C)c4O)c3)cc2N=Cc2cc(Cl)cc(Cl)c2O)c(O)c(C(C)(C)C)c1. The van der Waals surface area contributed by atoms with Crippen molar-refractivity contribution >= 4 is 70.8 Å². The first kappa shape index (κ1) is 57.1. The van der Waals surface area contributed by atoms with E-state index in [1.807, 2.05) is 54.6 Å². The van der Waals surface area contributed by atoms with Crippen LogP contribution in [0.3, 0.4) is 0 Å². The molecule has 0 unspecified atom stereocenters. The molecule has 4 N–H and O–H groups in total. The van der Waals surface area contributed by atoms with Crippen LogP contribution in [0.2, 0.25) is 10.0 Å². The number of halogens is 2. The fourth-order valence-electron chi connectivity index (χ4n) is 8.35. The van der Waals surface area contributed by atoms with E-state index in [0.717, 1.165) is 44.5 Å². The van der Waals surface area contributed by atoms with Gasteiger partial charge in [-0.2, -0.15) is 0 Å². The van der Waals surface area contributed by atoms with E-state index in [9.17, 15) is 20.4 Å². The van der Waals surface area contributed by atoms with E-state index in [1.165, 1.54) is 12.3 Å². The molecule has 0 aliphatic heterocycles. The monoisotopic (exact) mass is 1030 g/mol. The lowest BCUT2D eigenvalue weighted by Gasteiger charge is -2.27. The molecule has 390 valence electrons. The molecule has 10 heteroatoms. The van der Waals surface area contributed by atoms with E-state index in [4.69, 9.17) is 43.2 Å². The van der Waals surface area contributed by atoms with Crippen LogP contribution in [0.5, 0.6) is 23.0 Å². The zero-order valence-electron chi connectivity index (χ0n) is 46.7. The van der Waals surface area contributed by atoms with Gasteiger partial charge in [0.1, 0.15) is 23.0 Å². The highest BCUT2D eigenvalue weighted by Crippen LogP contribution is 2.43. The summed E-state index contributed by atoms with van der Waals surface area (Å²) in [6, 6.07) is 26.7. The zero-order valence-corrected chi connectivity index (χ0v) is 48.2. The molecule has 0 aromatic heterocycles. The highest BCUT2D eigenvalue weighted by molar-refractivity contribution is 6.36. The van der Waals surface area contributed by atoms with Gasteiger partial charge in [0.2, 0.25) is 0 Å². The van der Waals surface area contributed by atoms with Gasteiger partial charge in [-0.1, -0.05) is 178 Å². The van der Waals surface area contributed by atoms with Crippen LogP contribution in [0, 0.1) is 0 Å². The third kappa shape index (κ3) is 13.4. The summed E-state index contributed by atoms with van der Waals surface area (Å²) in [5.74, 6) is 0.323. The highest BCUT2D eigenvalue weighted by Gasteiger charge is 2.28. The molecule has 0 amide bonds. The quantitative estimate of drug-likeness (QED) is 0.107. The minimum Gasteiger partial charge on any atom is -0.507 e. The van der Waals surface area contributed by atoms with E-state index in [-0.39, 0.29) is 60.5 Å². The Hall–Kier alpha value is -6.22. The van der Waals surface area contributed by atoms with Gasteiger partial charge < -0.3 is 20.4 Å². The summed E-state index contributed by atoms with van der Waals surface area (Å²) < 4.78 is 0. The maximum atomic E-state index is 11.8. The number of aliphatic imine (C=N–C) groups is 4. The first-order valence-corrected chi connectivity index (χ1v) is 26.0. The second kappa shape index (κ2) is 20.8. The van der Waals surface area contributed by atoms with Crippen molar-refractivity contribution in [3.8, 4) is 34.1 Å². The Bertz CT molecular complexity index is 3230. The first-order valence-electron chi connectivity index (χ1n) is 25.2. The van der Waals surface area contributed by atoms with Gasteiger partial charge in [0.05, 0.1) is 27.8 Å². The highest BCUT2D eigenvalue weighted by atomic mass is 35.5. The van der Waals surface area contributed by atoms with Crippen molar-refractivity contribution in [3.05, 3.63) is 151 Å². The van der Waals surface area contributed by atoms with Crippen molar-refractivity contribution in [2.45, 2.75) is 157 Å². The zero-order chi connectivity index (χ0) is 55.3. The molecule has 0 saturated heterocycles. The first-order chi connectivity index (χ1) is 33.9. The van der Waals surface area contributed by atoms with Crippen LogP contribution in [0.15, 0.2) is 105 Å². The number of rotatable bonds is 9. The third-order valence-electron chi connectivity index (χ3n) is 13.2. The topological polar surface area (TPSA) is 130 Å². The summed E-state index contributed by atoms with van der Waals surface area (Å²) in [6.07, 6.45) is 6.54. The van der Waals surface area contributed by atoms with Gasteiger partial charge in [-0.15, -0.1) is 0 Å². The molecular weight excluding hydrogens is 960 g/mol. The van der Waals surface area contributed by atoms with Gasteiger partial charge in [-0.3, -0.25) is 20.0 Å². The molecule has 6 aromatic carbocycles. The predicted molar refractivity (Wildman–Crippen MR) is 316 cm³/mol. The van der Waals surface area contributed by atoms with Crippen LogP contribution >= 0.6 is 23.2 Å². The van der Waals surface area contributed by atoms with E-state index >= 15 is 0 Å². The van der Waals surface area contributed by atoms with Crippen LogP contribution in [-0.2, 0) is 32.5 Å². The number of hydrogen-bond donors (Lipinski definition) is 4. The molecule has 0 aliphatic carbocycles. The number of benzene rings is 6. The van der Waals surface area contributed by atoms with Gasteiger partial charge >= 0.3 is 0 Å². The number of phenols is 4. The molecule has 0 radical (unpaired) electrons. The predicted octanol–water partition coefficient (Wildman–Crippen LogP) is 18.3. The number of phenolic OH excluding ortho intramolecular Hbond substituents is 4. The van der Waals surface area contributed by atoms with Gasteiger partial charge in [-0.05, 0) is 115 Å². The Morgan fingerprint density at radius 1 is 0.324 bits per heavy atom. The van der Waals surface area contributed by atoms with E-state index in [0.29, 0.717) is 50.0 Å². The summed E-state index contributed by atoms with van der Waals surface area (Å²) in [5.41, 5.74) is 9.62. The van der Waals surface area contributed by atoms with Gasteiger partial charge in [0.25, 0.3) is 0 Å². The molecule has 6 aromatic rings. The van der Waals surface area contributed by atoms with Crippen molar-refractivity contribution in [1.29, 1.82) is 0 Å². The minimum atomic E-state index is -0.348. The Labute approximate surface area is 450 Å². The maximum Gasteiger partial charge on any atom is 0.143 e. The molecule has 6 rings (SSSR count). The number of aromatic hydroxyl groups is 4. The van der Waals surface area contributed by atoms with Crippen molar-refractivity contribution in [2.75, 3.05) is 0 Å². The summed E-state index contributed by atoms with van der Waals surface area (Å²) in [5, 5.41) is 46.5. The molecule has 0 saturated carbocycles. The summed E-state index contributed by atoms with van der Waals surface area (Å²) in [4.78, 5) is 19.9. The van der Waals surface area contributed by atoms with Crippen LogP contribution in [0.1, 0.15) is 180 Å². The second-order valence-corrected chi connectivity index (χ2v) is 26.5. The Morgan fingerprint density at radius 2 is 0.608 bits per heavy atom. The van der Waals surface area contributed by atoms with Crippen LogP contribution in [0.4, 0.5) is 22.7 Å². The fourth-order valence-corrected chi connectivity index (χ4v) is 8.86. The standard InChI is InChI=1S/C64H76Cl2N4O4/c1-59(2,3)43-23-39(55(71)47(29-43)62(10,11)12)33-67-51-21-19-37(27-53(51)69-35-41-25-45(61(7,8)9)31-49(57(41)73)64(16,17)18)38-20-22-52(54(28-38)70-36-42-26-46(65)32-50(66)58(42)74)68-34-40-24-44(60(4,5)6)30-48(56(40)72)63(13,14)15/h19-36,71-74H,1-18H3. The maximum absolute atomic E-state index is 11.8. The van der Waals surface area contributed by atoms with Crippen molar-refractivity contribution in [3.63, 3.8) is 0 Å². The average molecular weight is 1040 g/mol. The Morgan fingerprint density at radius 3 is 0.892 bits per heavy atom. The molecule has 0 bridgehead atoms. The summed E-state index contributed by atoms with van der Waals surface area (Å²) in [6.45, 7) is 38.1. The molecule has 8 nitrogen and oxygen atoms in total. The summed E-state index contributed by atoms with van der Waals surface area (Å²) >= 11 is 12.7.